The van der Waals surface area contributed by atoms with E-state index in [2.05, 4.69) is 25.1 Å². The summed E-state index contributed by atoms with van der Waals surface area (Å²) in [7, 11) is 0. The molecule has 0 aliphatic heterocycles. The molecule has 0 N–H and O–H groups in total. The molecule has 1 aromatic carbocycles. The number of nitrogens with zero attached hydrogens (tertiary/aromatic N) is 2. The van der Waals surface area contributed by atoms with Gasteiger partial charge in [-0.25, -0.2) is 4.39 Å². The summed E-state index contributed by atoms with van der Waals surface area (Å²) < 4.78 is 13.7. The summed E-state index contributed by atoms with van der Waals surface area (Å²) >= 11 is 0. The Kier molecular flexibility index (Phi) is 5.63. The molecule has 1 atom stereocenters. The van der Waals surface area contributed by atoms with Crippen molar-refractivity contribution < 1.29 is 4.39 Å². The van der Waals surface area contributed by atoms with Crippen LogP contribution in [0.5, 0.6) is 0 Å². The monoisotopic (exact) mass is 346 g/mol. The number of nitriles is 1. The average Bonchev–Trinajstić information content (AvgIpc) is 2.66. The van der Waals surface area contributed by atoms with E-state index < -0.39 is 0 Å². The number of benzene rings is 1. The van der Waals surface area contributed by atoms with Crippen molar-refractivity contribution in [1.82, 2.24) is 4.98 Å². The highest BCUT2D eigenvalue weighted by Crippen LogP contribution is 2.27. The Hall–Kier alpha value is -2.73. The number of halogens is 1. The summed E-state index contributed by atoms with van der Waals surface area (Å²) in [6, 6.07) is 13.8. The summed E-state index contributed by atoms with van der Waals surface area (Å²) in [4.78, 5) is 4.80. The van der Waals surface area contributed by atoms with Gasteiger partial charge in [0.1, 0.15) is 5.83 Å². The van der Waals surface area contributed by atoms with Crippen molar-refractivity contribution in [2.24, 2.45) is 5.92 Å². The predicted octanol–water partition coefficient (Wildman–Crippen LogP) is 6.07. The van der Waals surface area contributed by atoms with E-state index in [0.29, 0.717) is 5.56 Å². The molecule has 1 aromatic heterocycles. The van der Waals surface area contributed by atoms with Gasteiger partial charge in [-0.05, 0) is 62.0 Å². The molecule has 132 valence electrons. The molecule has 1 aliphatic carbocycles. The molecular weight excluding hydrogens is 323 g/mol. The van der Waals surface area contributed by atoms with Crippen molar-refractivity contribution in [1.29, 1.82) is 5.26 Å². The number of rotatable bonds is 5. The summed E-state index contributed by atoms with van der Waals surface area (Å²) in [5, 5.41) is 9.31. The number of hydrogen-bond donors (Lipinski definition) is 0. The second kappa shape index (κ2) is 8.10. The molecule has 2 aromatic rings. The maximum absolute atomic E-state index is 13.7. The quantitative estimate of drug-likeness (QED) is 0.658. The highest BCUT2D eigenvalue weighted by molar-refractivity contribution is 5.67. The first kappa shape index (κ1) is 18.1. The number of allylic oxidation sites excluding steroid dienone is 4. The topological polar surface area (TPSA) is 36.7 Å². The fraction of sp³-hybridized carbons (Fsp3) is 0.304. The lowest BCUT2D eigenvalue weighted by molar-refractivity contribution is 0.486. The Labute approximate surface area is 154 Å². The lowest BCUT2D eigenvalue weighted by atomic mass is 9.94. The molecule has 0 radical (unpaired) electrons. The Morgan fingerprint density at radius 1 is 1.19 bits per heavy atom. The Bertz CT molecular complexity index is 903. The van der Waals surface area contributed by atoms with E-state index in [1.165, 1.54) is 0 Å². The minimum absolute atomic E-state index is 0.00749. The van der Waals surface area contributed by atoms with Gasteiger partial charge in [-0.2, -0.15) is 5.26 Å². The SMILES string of the molecule is Cc1ccc(-c2ccccc2C#N)nc1CCCC1=CCC(C)C(F)=C1. The predicted molar refractivity (Wildman–Crippen MR) is 103 cm³/mol. The third-order valence-electron chi connectivity index (χ3n) is 4.93. The second-order valence-corrected chi connectivity index (χ2v) is 6.92. The van der Waals surface area contributed by atoms with E-state index in [0.717, 1.165) is 53.8 Å². The number of pyridine rings is 1. The Morgan fingerprint density at radius 2 is 2.00 bits per heavy atom. The number of aromatic nitrogens is 1. The van der Waals surface area contributed by atoms with Crippen LogP contribution in [0.4, 0.5) is 4.39 Å². The average molecular weight is 346 g/mol. The molecule has 0 fully saturated rings. The molecule has 3 heteroatoms. The van der Waals surface area contributed by atoms with Gasteiger partial charge in [-0.15, -0.1) is 0 Å². The first-order valence-electron chi connectivity index (χ1n) is 9.10. The smallest absolute Gasteiger partial charge is 0.103 e. The fourth-order valence-electron chi connectivity index (χ4n) is 3.23. The van der Waals surface area contributed by atoms with E-state index in [1.807, 2.05) is 37.3 Å². The van der Waals surface area contributed by atoms with Gasteiger partial charge in [0.05, 0.1) is 17.3 Å². The molecule has 1 heterocycles. The van der Waals surface area contributed by atoms with Crippen LogP contribution in [0.15, 0.2) is 60.0 Å². The van der Waals surface area contributed by atoms with Gasteiger partial charge >= 0.3 is 0 Å². The van der Waals surface area contributed by atoms with Crippen LogP contribution in [-0.4, -0.2) is 4.98 Å². The van der Waals surface area contributed by atoms with Gasteiger partial charge in [0, 0.05) is 17.2 Å². The van der Waals surface area contributed by atoms with Crippen LogP contribution in [0, 0.1) is 24.2 Å². The Morgan fingerprint density at radius 3 is 2.77 bits per heavy atom. The van der Waals surface area contributed by atoms with Crippen LogP contribution < -0.4 is 0 Å². The summed E-state index contributed by atoms with van der Waals surface area (Å²) in [6.07, 6.45) is 7.26. The third-order valence-corrected chi connectivity index (χ3v) is 4.93. The van der Waals surface area contributed by atoms with Crippen molar-refractivity contribution in [2.45, 2.75) is 39.5 Å². The molecule has 1 unspecified atom stereocenters. The first-order valence-corrected chi connectivity index (χ1v) is 9.10. The first-order chi connectivity index (χ1) is 12.6. The molecule has 0 saturated heterocycles. The van der Waals surface area contributed by atoms with Crippen LogP contribution in [0.25, 0.3) is 11.3 Å². The zero-order valence-corrected chi connectivity index (χ0v) is 15.3. The lowest BCUT2D eigenvalue weighted by Crippen LogP contribution is -2.01. The van der Waals surface area contributed by atoms with Gasteiger partial charge in [0.15, 0.2) is 0 Å². The molecule has 3 rings (SSSR count). The molecular formula is C23H23FN2. The zero-order chi connectivity index (χ0) is 18.5. The van der Waals surface area contributed by atoms with E-state index in [-0.39, 0.29) is 11.7 Å². The van der Waals surface area contributed by atoms with E-state index in [1.54, 1.807) is 6.08 Å². The lowest BCUT2D eigenvalue weighted by Gasteiger charge is -2.14. The summed E-state index contributed by atoms with van der Waals surface area (Å²) in [5.74, 6) is 0.00598. The van der Waals surface area contributed by atoms with Gasteiger partial charge in [-0.1, -0.05) is 37.3 Å². The molecule has 0 bridgehead atoms. The van der Waals surface area contributed by atoms with Gasteiger partial charge in [-0.3, -0.25) is 4.98 Å². The summed E-state index contributed by atoms with van der Waals surface area (Å²) in [6.45, 7) is 3.97. The van der Waals surface area contributed by atoms with Gasteiger partial charge < -0.3 is 0 Å². The standard InChI is InChI=1S/C23H23FN2/c1-16-10-12-18(14-21(16)24)6-5-9-22-17(2)11-13-23(26-22)20-8-4-3-7-19(20)15-25/h3-4,7-8,11-14,16H,5-6,9-10H2,1-2H3. The van der Waals surface area contributed by atoms with Crippen molar-refractivity contribution in [3.05, 3.63) is 76.8 Å². The minimum Gasteiger partial charge on any atom is -0.253 e. The normalized spacial score (nSPS) is 16.6. The fourth-order valence-corrected chi connectivity index (χ4v) is 3.23. The molecule has 0 saturated carbocycles. The maximum Gasteiger partial charge on any atom is 0.103 e. The minimum atomic E-state index is -0.00749. The zero-order valence-electron chi connectivity index (χ0n) is 15.3. The van der Waals surface area contributed by atoms with Crippen LogP contribution in [0.3, 0.4) is 0 Å². The number of hydrogen-bond acceptors (Lipinski definition) is 2. The maximum atomic E-state index is 13.7. The largest absolute Gasteiger partial charge is 0.253 e. The second-order valence-electron chi connectivity index (χ2n) is 6.92. The highest BCUT2D eigenvalue weighted by atomic mass is 19.1. The molecule has 1 aliphatic rings. The van der Waals surface area contributed by atoms with Crippen molar-refractivity contribution in [3.63, 3.8) is 0 Å². The van der Waals surface area contributed by atoms with Gasteiger partial charge in [0.2, 0.25) is 0 Å². The number of aryl methyl sites for hydroxylation is 2. The Balaban J connectivity index is 1.72. The summed E-state index contributed by atoms with van der Waals surface area (Å²) in [5.41, 5.74) is 5.62. The van der Waals surface area contributed by atoms with E-state index in [4.69, 9.17) is 4.98 Å². The van der Waals surface area contributed by atoms with Crippen LogP contribution in [0.2, 0.25) is 0 Å². The molecule has 2 nitrogen and oxygen atoms in total. The third kappa shape index (κ3) is 4.08. The van der Waals surface area contributed by atoms with Crippen LogP contribution in [-0.2, 0) is 6.42 Å². The molecule has 26 heavy (non-hydrogen) atoms. The van der Waals surface area contributed by atoms with Crippen molar-refractivity contribution in [2.75, 3.05) is 0 Å². The molecule has 0 spiro atoms. The van der Waals surface area contributed by atoms with Gasteiger partial charge in [0.25, 0.3) is 0 Å². The van der Waals surface area contributed by atoms with Crippen molar-refractivity contribution in [3.8, 4) is 17.3 Å². The van der Waals surface area contributed by atoms with Crippen LogP contribution in [0.1, 0.15) is 43.0 Å². The van der Waals surface area contributed by atoms with Crippen LogP contribution >= 0.6 is 0 Å². The highest BCUT2D eigenvalue weighted by Gasteiger charge is 2.13. The van der Waals surface area contributed by atoms with E-state index >= 15 is 0 Å². The molecule has 0 amide bonds. The van der Waals surface area contributed by atoms with E-state index in [9.17, 15) is 9.65 Å². The van der Waals surface area contributed by atoms with Crippen molar-refractivity contribution >= 4 is 0 Å².